The van der Waals surface area contributed by atoms with Crippen LogP contribution in [0.2, 0.25) is 5.02 Å². The van der Waals surface area contributed by atoms with Crippen LogP contribution in [-0.2, 0) is 6.61 Å². The van der Waals surface area contributed by atoms with Crippen molar-refractivity contribution in [3.63, 3.8) is 0 Å². The van der Waals surface area contributed by atoms with Crippen LogP contribution >= 0.6 is 11.6 Å². The highest BCUT2D eigenvalue weighted by atomic mass is 35.5. The van der Waals surface area contributed by atoms with Gasteiger partial charge in [0.2, 0.25) is 0 Å². The lowest BCUT2D eigenvalue weighted by Crippen LogP contribution is -1.98. The van der Waals surface area contributed by atoms with Gasteiger partial charge < -0.3 is 9.47 Å². The molecule has 4 rings (SSSR count). The number of para-hydroxylation sites is 2. The minimum absolute atomic E-state index is 0.441. The molecule has 148 valence electrons. The predicted octanol–water partition coefficient (Wildman–Crippen LogP) is 7.46. The summed E-state index contributed by atoms with van der Waals surface area (Å²) in [6, 6.07) is 32.8. The monoisotopic (exact) mass is 413 g/mol. The Morgan fingerprint density at radius 3 is 2.27 bits per heavy atom. The fourth-order valence-corrected chi connectivity index (χ4v) is 3.09. The Balaban J connectivity index is 1.42. The van der Waals surface area contributed by atoms with Gasteiger partial charge in [-0.1, -0.05) is 54.1 Å². The lowest BCUT2D eigenvalue weighted by molar-refractivity contribution is 0.306. The Morgan fingerprint density at radius 1 is 0.733 bits per heavy atom. The number of nitrogens with zero attached hydrogens (tertiary/aromatic N) is 1. The molecule has 0 unspecified atom stereocenters. The van der Waals surface area contributed by atoms with Gasteiger partial charge in [-0.05, 0) is 66.2 Å². The number of benzene rings is 4. The zero-order valence-corrected chi connectivity index (χ0v) is 17.0. The van der Waals surface area contributed by atoms with E-state index in [9.17, 15) is 0 Å². The molecule has 0 N–H and O–H groups in total. The van der Waals surface area contributed by atoms with Crippen LogP contribution in [0.4, 0.5) is 5.69 Å². The summed E-state index contributed by atoms with van der Waals surface area (Å²) in [6.45, 7) is 0.441. The molecule has 0 heterocycles. The molecule has 0 bridgehead atoms. The van der Waals surface area contributed by atoms with Crippen molar-refractivity contribution >= 4 is 23.5 Å². The first-order valence-corrected chi connectivity index (χ1v) is 9.97. The van der Waals surface area contributed by atoms with E-state index in [1.54, 1.807) is 6.21 Å². The summed E-state index contributed by atoms with van der Waals surface area (Å²) in [6.07, 6.45) is 1.81. The first-order valence-electron chi connectivity index (χ1n) is 9.59. The number of aliphatic imine (C=N–C) groups is 1. The molecule has 0 fully saturated rings. The summed E-state index contributed by atoms with van der Waals surface area (Å²) < 4.78 is 11.8. The molecular formula is C26H20ClNO2. The molecule has 4 aromatic carbocycles. The SMILES string of the molecule is Clc1cccc(COc2ccccc2C=Nc2ccc(Oc3ccccc3)cc2)c1. The van der Waals surface area contributed by atoms with Gasteiger partial charge in [0.25, 0.3) is 0 Å². The summed E-state index contributed by atoms with van der Waals surface area (Å²) >= 11 is 6.05. The maximum atomic E-state index is 6.05. The molecule has 30 heavy (non-hydrogen) atoms. The average Bonchev–Trinajstić information content (AvgIpc) is 2.78. The summed E-state index contributed by atoms with van der Waals surface area (Å²) in [5, 5.41) is 0.700. The molecule has 4 aromatic rings. The number of halogens is 1. The lowest BCUT2D eigenvalue weighted by Gasteiger charge is -2.09. The van der Waals surface area contributed by atoms with Gasteiger partial charge in [0.05, 0.1) is 5.69 Å². The zero-order chi connectivity index (χ0) is 20.6. The third kappa shape index (κ3) is 5.49. The smallest absolute Gasteiger partial charge is 0.128 e. The van der Waals surface area contributed by atoms with E-state index in [-0.39, 0.29) is 0 Å². The molecule has 4 heteroatoms. The van der Waals surface area contributed by atoms with Crippen LogP contribution in [0.25, 0.3) is 0 Å². The van der Waals surface area contributed by atoms with Crippen LogP contribution < -0.4 is 9.47 Å². The largest absolute Gasteiger partial charge is 0.488 e. The Hall–Kier alpha value is -3.56. The van der Waals surface area contributed by atoms with Crippen LogP contribution in [0.5, 0.6) is 17.2 Å². The lowest BCUT2D eigenvalue weighted by atomic mass is 10.2. The van der Waals surface area contributed by atoms with E-state index >= 15 is 0 Å². The minimum atomic E-state index is 0.441. The van der Waals surface area contributed by atoms with Crippen molar-refractivity contribution in [2.24, 2.45) is 4.99 Å². The third-order valence-electron chi connectivity index (χ3n) is 4.37. The van der Waals surface area contributed by atoms with Crippen LogP contribution in [0.15, 0.2) is 108 Å². The Kier molecular flexibility index (Phi) is 6.43. The molecule has 0 radical (unpaired) electrons. The summed E-state index contributed by atoms with van der Waals surface area (Å²) in [5.41, 5.74) is 2.76. The summed E-state index contributed by atoms with van der Waals surface area (Å²) in [7, 11) is 0. The van der Waals surface area contributed by atoms with Gasteiger partial charge in [0, 0.05) is 16.8 Å². The quantitative estimate of drug-likeness (QED) is 0.294. The van der Waals surface area contributed by atoms with Crippen molar-refractivity contribution in [2.75, 3.05) is 0 Å². The van der Waals surface area contributed by atoms with Crippen molar-refractivity contribution in [3.8, 4) is 17.2 Å². The molecule has 0 saturated heterocycles. The van der Waals surface area contributed by atoms with Gasteiger partial charge in [0.1, 0.15) is 23.9 Å². The zero-order valence-electron chi connectivity index (χ0n) is 16.2. The van der Waals surface area contributed by atoms with Crippen molar-refractivity contribution in [3.05, 3.63) is 119 Å². The normalized spacial score (nSPS) is 10.8. The molecular weight excluding hydrogens is 394 g/mol. The van der Waals surface area contributed by atoms with Crippen LogP contribution in [-0.4, -0.2) is 6.21 Å². The molecule has 0 atom stereocenters. The first kappa shape index (κ1) is 19.7. The highest BCUT2D eigenvalue weighted by Gasteiger charge is 2.03. The van der Waals surface area contributed by atoms with E-state index in [4.69, 9.17) is 21.1 Å². The molecule has 0 aromatic heterocycles. The highest BCUT2D eigenvalue weighted by molar-refractivity contribution is 6.30. The van der Waals surface area contributed by atoms with Gasteiger partial charge >= 0.3 is 0 Å². The second kappa shape index (κ2) is 9.77. The van der Waals surface area contributed by atoms with Crippen molar-refractivity contribution in [1.29, 1.82) is 0 Å². The second-order valence-electron chi connectivity index (χ2n) is 6.62. The number of ether oxygens (including phenoxy) is 2. The van der Waals surface area contributed by atoms with E-state index in [1.807, 2.05) is 103 Å². The van der Waals surface area contributed by atoms with Crippen LogP contribution in [0.1, 0.15) is 11.1 Å². The molecule has 3 nitrogen and oxygen atoms in total. The second-order valence-corrected chi connectivity index (χ2v) is 7.06. The standard InChI is InChI=1S/C26H20ClNO2/c27-22-9-6-7-20(17-22)19-29-26-12-5-4-8-21(26)18-28-23-13-15-25(16-14-23)30-24-10-2-1-3-11-24/h1-18H,19H2. The minimum Gasteiger partial charge on any atom is -0.488 e. The highest BCUT2D eigenvalue weighted by Crippen LogP contribution is 2.24. The van der Waals surface area contributed by atoms with Gasteiger partial charge in [-0.25, -0.2) is 0 Å². The summed E-state index contributed by atoms with van der Waals surface area (Å²) in [5.74, 6) is 2.34. The molecule has 0 aliphatic rings. The first-order chi connectivity index (χ1) is 14.8. The van der Waals surface area contributed by atoms with Crippen molar-refractivity contribution in [1.82, 2.24) is 0 Å². The van der Waals surface area contributed by atoms with E-state index in [1.165, 1.54) is 0 Å². The maximum absolute atomic E-state index is 6.05. The van der Waals surface area contributed by atoms with Crippen LogP contribution in [0, 0.1) is 0 Å². The van der Waals surface area contributed by atoms with Gasteiger partial charge in [-0.15, -0.1) is 0 Å². The van der Waals surface area contributed by atoms with Crippen LogP contribution in [0.3, 0.4) is 0 Å². The van der Waals surface area contributed by atoms with E-state index in [0.29, 0.717) is 11.6 Å². The van der Waals surface area contributed by atoms with E-state index in [2.05, 4.69) is 4.99 Å². The molecule has 0 saturated carbocycles. The van der Waals surface area contributed by atoms with Crippen molar-refractivity contribution < 1.29 is 9.47 Å². The number of hydrogen-bond acceptors (Lipinski definition) is 3. The summed E-state index contributed by atoms with van der Waals surface area (Å²) in [4.78, 5) is 4.57. The topological polar surface area (TPSA) is 30.8 Å². The average molecular weight is 414 g/mol. The molecule has 0 spiro atoms. The predicted molar refractivity (Wildman–Crippen MR) is 122 cm³/mol. The third-order valence-corrected chi connectivity index (χ3v) is 4.61. The Morgan fingerprint density at radius 2 is 1.47 bits per heavy atom. The molecule has 0 amide bonds. The fourth-order valence-electron chi connectivity index (χ4n) is 2.88. The van der Waals surface area contributed by atoms with Gasteiger partial charge in [-0.2, -0.15) is 0 Å². The number of rotatable bonds is 7. The molecule has 0 aliphatic heterocycles. The number of hydrogen-bond donors (Lipinski definition) is 0. The van der Waals surface area contributed by atoms with E-state index in [0.717, 1.165) is 34.1 Å². The van der Waals surface area contributed by atoms with Gasteiger partial charge in [-0.3, -0.25) is 4.99 Å². The van der Waals surface area contributed by atoms with Gasteiger partial charge in [0.15, 0.2) is 0 Å². The Labute approximate surface area is 181 Å². The van der Waals surface area contributed by atoms with Crippen molar-refractivity contribution in [2.45, 2.75) is 6.61 Å². The van der Waals surface area contributed by atoms with E-state index < -0.39 is 0 Å². The fraction of sp³-hybridized carbons (Fsp3) is 0.0385. The maximum Gasteiger partial charge on any atom is 0.128 e. The Bertz CT molecular complexity index is 1130. The molecule has 0 aliphatic carbocycles.